The molecule has 1 fully saturated rings. The highest BCUT2D eigenvalue weighted by atomic mass is 16.3. The molecule has 1 aromatic carbocycles. The number of hydrogen-bond acceptors (Lipinski definition) is 7. The second kappa shape index (κ2) is 13.5. The Morgan fingerprint density at radius 1 is 0.778 bits per heavy atom. The van der Waals surface area contributed by atoms with Gasteiger partial charge in [0, 0.05) is 0 Å². The first-order valence-electron chi connectivity index (χ1n) is 12.0. The molecule has 12 heteroatoms. The first-order valence-corrected chi connectivity index (χ1v) is 12.0. The van der Waals surface area contributed by atoms with Crippen molar-refractivity contribution in [2.45, 2.75) is 76.3 Å². The minimum Gasteiger partial charge on any atom is -0.394 e. The average Bonchev–Trinajstić information content (AvgIpc) is 2.86. The second-order valence-corrected chi connectivity index (χ2v) is 8.64. The summed E-state index contributed by atoms with van der Waals surface area (Å²) < 4.78 is 0. The second-order valence-electron chi connectivity index (χ2n) is 8.64. The lowest BCUT2D eigenvalue weighted by Crippen LogP contribution is -2.61. The quantitative estimate of drug-likeness (QED) is 0.250. The van der Waals surface area contributed by atoms with Crippen LogP contribution in [-0.4, -0.2) is 76.6 Å². The Labute approximate surface area is 209 Å². The van der Waals surface area contributed by atoms with E-state index in [0.29, 0.717) is 5.56 Å². The molecule has 0 unspecified atom stereocenters. The molecule has 0 aromatic heterocycles. The van der Waals surface area contributed by atoms with Gasteiger partial charge >= 0.3 is 0 Å². The van der Waals surface area contributed by atoms with Crippen molar-refractivity contribution < 1.29 is 34.2 Å². The number of nitrogens with one attached hydrogen (secondary N) is 5. The van der Waals surface area contributed by atoms with Crippen LogP contribution in [0.5, 0.6) is 0 Å². The van der Waals surface area contributed by atoms with Crippen LogP contribution in [0, 0.1) is 0 Å². The third-order valence-electron chi connectivity index (χ3n) is 5.89. The summed E-state index contributed by atoms with van der Waals surface area (Å²) in [6.07, 6.45) is -1.21. The van der Waals surface area contributed by atoms with E-state index in [1.54, 1.807) is 44.2 Å². The molecule has 1 aliphatic rings. The van der Waals surface area contributed by atoms with Crippen LogP contribution in [0.25, 0.3) is 0 Å². The molecule has 0 aliphatic carbocycles. The van der Waals surface area contributed by atoms with Crippen molar-refractivity contribution in [1.29, 1.82) is 0 Å². The minimum atomic E-state index is -1.40. The Morgan fingerprint density at radius 3 is 1.86 bits per heavy atom. The van der Waals surface area contributed by atoms with Crippen LogP contribution >= 0.6 is 0 Å². The smallest absolute Gasteiger partial charge is 0.245 e. The van der Waals surface area contributed by atoms with E-state index in [9.17, 15) is 34.2 Å². The number of carbonyl (C=O) groups excluding carboxylic acids is 5. The Balaban J connectivity index is 2.44. The average molecular weight is 506 g/mol. The lowest BCUT2D eigenvalue weighted by Gasteiger charge is -2.28. The largest absolute Gasteiger partial charge is 0.394 e. The fourth-order valence-corrected chi connectivity index (χ4v) is 3.74. The highest BCUT2D eigenvalue weighted by Crippen LogP contribution is 2.17. The molecule has 7 N–H and O–H groups in total. The Hall–Kier alpha value is -3.51. The maximum atomic E-state index is 12.9. The van der Waals surface area contributed by atoms with Gasteiger partial charge in [0.2, 0.25) is 29.5 Å². The third kappa shape index (κ3) is 7.75. The topological polar surface area (TPSA) is 186 Å². The van der Waals surface area contributed by atoms with Gasteiger partial charge in [-0.3, -0.25) is 24.0 Å². The van der Waals surface area contributed by atoms with Gasteiger partial charge in [-0.2, -0.15) is 0 Å². The number of benzene rings is 1. The predicted molar refractivity (Wildman–Crippen MR) is 129 cm³/mol. The number of hydrogen-bond donors (Lipinski definition) is 7. The molecule has 0 spiro atoms. The van der Waals surface area contributed by atoms with Crippen LogP contribution < -0.4 is 26.6 Å². The van der Waals surface area contributed by atoms with E-state index in [-0.39, 0.29) is 19.3 Å². The fraction of sp³-hybridized carbons (Fsp3) is 0.542. The third-order valence-corrected chi connectivity index (χ3v) is 5.89. The molecule has 5 amide bonds. The predicted octanol–water partition coefficient (Wildman–Crippen LogP) is -1.62. The van der Waals surface area contributed by atoms with Gasteiger partial charge in [0.1, 0.15) is 24.2 Å². The van der Waals surface area contributed by atoms with Crippen molar-refractivity contribution in [3.63, 3.8) is 0 Å². The van der Waals surface area contributed by atoms with Crippen LogP contribution in [0.15, 0.2) is 30.3 Å². The maximum absolute atomic E-state index is 12.9. The van der Waals surface area contributed by atoms with Gasteiger partial charge < -0.3 is 36.8 Å². The van der Waals surface area contributed by atoms with Crippen molar-refractivity contribution in [2.24, 2.45) is 0 Å². The zero-order valence-corrected chi connectivity index (χ0v) is 20.6. The zero-order chi connectivity index (χ0) is 26.8. The summed E-state index contributed by atoms with van der Waals surface area (Å²) in [6.45, 7) is 3.88. The number of rotatable bonds is 5. The number of amides is 5. The summed E-state index contributed by atoms with van der Waals surface area (Å²) in [7, 11) is 0. The van der Waals surface area contributed by atoms with Crippen LogP contribution in [0.2, 0.25) is 0 Å². The molecule has 1 heterocycles. The summed E-state index contributed by atoms with van der Waals surface area (Å²) in [5, 5.41) is 32.5. The van der Waals surface area contributed by atoms with Gasteiger partial charge in [0.25, 0.3) is 0 Å². The van der Waals surface area contributed by atoms with Crippen molar-refractivity contribution in [3.05, 3.63) is 35.9 Å². The Kier molecular flexibility index (Phi) is 10.8. The summed E-state index contributed by atoms with van der Waals surface area (Å²) in [5.41, 5.74) is 0.607. The van der Waals surface area contributed by atoms with Crippen molar-refractivity contribution in [3.8, 4) is 0 Å². The molecule has 36 heavy (non-hydrogen) atoms. The Morgan fingerprint density at radius 2 is 1.31 bits per heavy atom. The van der Waals surface area contributed by atoms with Crippen LogP contribution in [0.4, 0.5) is 0 Å². The van der Waals surface area contributed by atoms with Crippen molar-refractivity contribution >= 4 is 29.5 Å². The highest BCUT2D eigenvalue weighted by molar-refractivity contribution is 5.96. The summed E-state index contributed by atoms with van der Waals surface area (Å²) in [6, 6.07) is 2.99. The van der Waals surface area contributed by atoms with E-state index in [4.69, 9.17) is 0 Å². The van der Waals surface area contributed by atoms with Crippen LogP contribution in [0.1, 0.15) is 51.6 Å². The molecule has 12 nitrogen and oxygen atoms in total. The van der Waals surface area contributed by atoms with Gasteiger partial charge in [-0.15, -0.1) is 0 Å². The van der Waals surface area contributed by atoms with E-state index in [1.807, 2.05) is 0 Å². The van der Waals surface area contributed by atoms with E-state index in [1.165, 1.54) is 6.92 Å². The first kappa shape index (κ1) is 28.7. The molecule has 1 aliphatic heterocycles. The van der Waals surface area contributed by atoms with Crippen LogP contribution in [0.3, 0.4) is 0 Å². The van der Waals surface area contributed by atoms with E-state index < -0.39 is 72.5 Å². The zero-order valence-electron chi connectivity index (χ0n) is 20.6. The van der Waals surface area contributed by atoms with Crippen molar-refractivity contribution in [1.82, 2.24) is 26.6 Å². The molecule has 0 radical (unpaired) electrons. The first-order chi connectivity index (χ1) is 17.1. The molecule has 1 saturated heterocycles. The molecule has 0 bridgehead atoms. The summed E-state index contributed by atoms with van der Waals surface area (Å²) in [5.74, 6) is -3.51. The number of carbonyl (C=O) groups is 5. The normalized spacial score (nSPS) is 27.7. The maximum Gasteiger partial charge on any atom is 0.245 e. The minimum absolute atomic E-state index is 0.137. The highest BCUT2D eigenvalue weighted by Gasteiger charge is 2.33. The van der Waals surface area contributed by atoms with Gasteiger partial charge in [-0.05, 0) is 25.3 Å². The van der Waals surface area contributed by atoms with E-state index in [2.05, 4.69) is 26.6 Å². The molecule has 198 valence electrons. The number of aliphatic hydroxyl groups is 2. The lowest BCUT2D eigenvalue weighted by atomic mass is 10.0. The molecular formula is C24H35N5O7. The van der Waals surface area contributed by atoms with Gasteiger partial charge in [0.05, 0.1) is 25.2 Å². The monoisotopic (exact) mass is 505 g/mol. The molecule has 6 atom stereocenters. The molecule has 2 rings (SSSR count). The van der Waals surface area contributed by atoms with Gasteiger partial charge in [0.15, 0.2) is 0 Å². The van der Waals surface area contributed by atoms with Gasteiger partial charge in [-0.1, -0.05) is 44.2 Å². The molecule has 0 saturated carbocycles. The summed E-state index contributed by atoms with van der Waals surface area (Å²) >= 11 is 0. The van der Waals surface area contributed by atoms with E-state index >= 15 is 0 Å². The van der Waals surface area contributed by atoms with Crippen LogP contribution in [-0.2, 0) is 24.0 Å². The van der Waals surface area contributed by atoms with E-state index in [0.717, 1.165) is 0 Å². The fourth-order valence-electron chi connectivity index (χ4n) is 3.74. The standard InChI is InChI=1S/C24H35N5O7/c1-4-15-22(34)29-20(13(3)31)24(36)26-16(5-2)21(33)28-18(12-30)23(35)27-17(11-19(32)25-15)14-9-7-6-8-10-14/h6-10,13,15-18,20,30-31H,4-5,11-12H2,1-3H3,(H,25,32)(H,26,36)(H,27,35)(H,28,33)(H,29,34)/t13-,15-,16-,17+,18-,20-/m0/s1. The lowest BCUT2D eigenvalue weighted by molar-refractivity contribution is -0.137. The van der Waals surface area contributed by atoms with Gasteiger partial charge in [-0.25, -0.2) is 0 Å². The SMILES string of the molecule is CC[C@@H]1NC(=O)C[C@H](c2ccccc2)NC(=O)[C@H](CO)NC(=O)[C@H](CC)NC(=O)[C@H]([C@H](C)O)NC1=O. The van der Waals surface area contributed by atoms with Crippen molar-refractivity contribution in [2.75, 3.05) is 6.61 Å². The molecule has 1 aromatic rings. The summed E-state index contributed by atoms with van der Waals surface area (Å²) in [4.78, 5) is 64.3. The Bertz CT molecular complexity index is 940. The number of aliphatic hydroxyl groups excluding tert-OH is 2. The molecular weight excluding hydrogens is 470 g/mol.